The molecule has 0 radical (unpaired) electrons. The number of carboxylic acids is 1. The minimum atomic E-state index is -1.07. The number of hydrogen-bond acceptors (Lipinski definition) is 4. The number of carbonyl (C=O) groups is 2. The van der Waals surface area contributed by atoms with Crippen molar-refractivity contribution in [2.24, 2.45) is 0 Å². The van der Waals surface area contributed by atoms with Gasteiger partial charge in [0.2, 0.25) is 0 Å². The lowest BCUT2D eigenvalue weighted by Crippen LogP contribution is -2.40. The van der Waals surface area contributed by atoms with Crippen molar-refractivity contribution in [3.8, 4) is 5.69 Å². The van der Waals surface area contributed by atoms with Crippen LogP contribution in [0.2, 0.25) is 0 Å². The van der Waals surface area contributed by atoms with E-state index < -0.39 is 17.9 Å². The van der Waals surface area contributed by atoms with Gasteiger partial charge in [0.05, 0.1) is 11.9 Å². The van der Waals surface area contributed by atoms with Gasteiger partial charge in [-0.05, 0) is 18.6 Å². The molecule has 2 N–H and O–H groups in total. The van der Waals surface area contributed by atoms with Crippen LogP contribution in [0.1, 0.15) is 23.8 Å². The molecule has 0 spiro atoms. The predicted octanol–water partition coefficient (Wildman–Crippen LogP) is 0.860. The zero-order valence-corrected chi connectivity index (χ0v) is 10.9. The molecular formula is C13H14N4O3. The Morgan fingerprint density at radius 1 is 1.35 bits per heavy atom. The largest absolute Gasteiger partial charge is 0.480 e. The molecule has 0 bridgehead atoms. The molecule has 1 atom stereocenters. The second-order valence-corrected chi connectivity index (χ2v) is 4.16. The number of benzene rings is 1. The minimum absolute atomic E-state index is 0.0774. The predicted molar refractivity (Wildman–Crippen MR) is 70.5 cm³/mol. The van der Waals surface area contributed by atoms with Crippen LogP contribution in [0.4, 0.5) is 0 Å². The number of amides is 1. The topological polar surface area (TPSA) is 97.1 Å². The smallest absolute Gasteiger partial charge is 0.326 e. The van der Waals surface area contributed by atoms with Gasteiger partial charge in [0.15, 0.2) is 5.69 Å². The highest BCUT2D eigenvalue weighted by molar-refractivity contribution is 5.94. The molecule has 20 heavy (non-hydrogen) atoms. The Morgan fingerprint density at radius 2 is 2.05 bits per heavy atom. The Morgan fingerprint density at radius 3 is 2.65 bits per heavy atom. The summed E-state index contributed by atoms with van der Waals surface area (Å²) in [6.45, 7) is 1.68. The zero-order valence-electron chi connectivity index (χ0n) is 10.9. The number of nitrogens with zero attached hydrogens (tertiary/aromatic N) is 3. The monoisotopic (exact) mass is 274 g/mol. The van der Waals surface area contributed by atoms with Gasteiger partial charge in [-0.15, -0.1) is 5.10 Å². The van der Waals surface area contributed by atoms with Gasteiger partial charge in [-0.2, -0.15) is 0 Å². The standard InChI is InChI=1S/C13H14N4O3/c1-2-10(13(19)20)14-12(18)11-8-17(16-15-11)9-6-4-3-5-7-9/h3-8,10H,2H2,1H3,(H,14,18)(H,19,20)/t10-/m1/s1. The number of aliphatic carboxylic acids is 1. The van der Waals surface area contributed by atoms with Gasteiger partial charge < -0.3 is 10.4 Å². The van der Waals surface area contributed by atoms with E-state index in [0.29, 0.717) is 6.42 Å². The fourth-order valence-corrected chi connectivity index (χ4v) is 1.65. The molecule has 0 unspecified atom stereocenters. The molecule has 0 aliphatic heterocycles. The fourth-order valence-electron chi connectivity index (χ4n) is 1.65. The zero-order chi connectivity index (χ0) is 14.5. The summed E-state index contributed by atoms with van der Waals surface area (Å²) in [5, 5.41) is 18.9. The normalized spacial score (nSPS) is 11.8. The van der Waals surface area contributed by atoms with Gasteiger partial charge >= 0.3 is 5.97 Å². The van der Waals surface area contributed by atoms with E-state index in [4.69, 9.17) is 5.11 Å². The van der Waals surface area contributed by atoms with E-state index >= 15 is 0 Å². The molecule has 1 heterocycles. The third-order valence-corrected chi connectivity index (χ3v) is 2.76. The molecule has 0 saturated heterocycles. The maximum atomic E-state index is 11.9. The van der Waals surface area contributed by atoms with Crippen LogP contribution in [-0.4, -0.2) is 38.0 Å². The van der Waals surface area contributed by atoms with Crippen molar-refractivity contribution in [1.82, 2.24) is 20.3 Å². The van der Waals surface area contributed by atoms with E-state index in [1.54, 1.807) is 6.92 Å². The first-order valence-corrected chi connectivity index (χ1v) is 6.13. The molecule has 0 saturated carbocycles. The fraction of sp³-hybridized carbons (Fsp3) is 0.231. The molecule has 0 aliphatic rings. The third kappa shape index (κ3) is 3.00. The van der Waals surface area contributed by atoms with Crippen LogP contribution in [0.3, 0.4) is 0 Å². The number of rotatable bonds is 5. The average molecular weight is 274 g/mol. The quantitative estimate of drug-likeness (QED) is 0.842. The van der Waals surface area contributed by atoms with Crippen LogP contribution in [0, 0.1) is 0 Å². The van der Waals surface area contributed by atoms with Crippen LogP contribution in [0.25, 0.3) is 5.69 Å². The van der Waals surface area contributed by atoms with Crippen LogP contribution in [0.5, 0.6) is 0 Å². The maximum absolute atomic E-state index is 11.9. The summed E-state index contributed by atoms with van der Waals surface area (Å²) in [5.41, 5.74) is 0.845. The third-order valence-electron chi connectivity index (χ3n) is 2.76. The summed E-state index contributed by atoms with van der Waals surface area (Å²) in [5.74, 6) is -1.63. The van der Waals surface area contributed by atoms with Crippen LogP contribution < -0.4 is 5.32 Å². The lowest BCUT2D eigenvalue weighted by atomic mass is 10.2. The summed E-state index contributed by atoms with van der Waals surface area (Å²) < 4.78 is 1.45. The molecule has 2 aromatic rings. The first-order chi connectivity index (χ1) is 9.61. The number of carboxylic acid groups (broad SMARTS) is 1. The van der Waals surface area contributed by atoms with Crippen molar-refractivity contribution in [2.45, 2.75) is 19.4 Å². The first kappa shape index (κ1) is 13.7. The Hall–Kier alpha value is -2.70. The number of nitrogens with one attached hydrogen (secondary N) is 1. The van der Waals surface area contributed by atoms with E-state index in [-0.39, 0.29) is 5.69 Å². The minimum Gasteiger partial charge on any atom is -0.480 e. The Kier molecular flexibility index (Phi) is 4.09. The van der Waals surface area contributed by atoms with Crippen molar-refractivity contribution < 1.29 is 14.7 Å². The van der Waals surface area contributed by atoms with E-state index in [1.807, 2.05) is 30.3 Å². The van der Waals surface area contributed by atoms with Crippen molar-refractivity contribution in [1.29, 1.82) is 0 Å². The molecule has 1 amide bonds. The van der Waals surface area contributed by atoms with E-state index in [1.165, 1.54) is 10.9 Å². The highest BCUT2D eigenvalue weighted by atomic mass is 16.4. The molecule has 1 aromatic heterocycles. The van der Waals surface area contributed by atoms with Gasteiger partial charge in [-0.25, -0.2) is 9.48 Å². The van der Waals surface area contributed by atoms with E-state index in [0.717, 1.165) is 5.69 Å². The molecular weight excluding hydrogens is 260 g/mol. The number of carbonyl (C=O) groups excluding carboxylic acids is 1. The van der Waals surface area contributed by atoms with Crippen LogP contribution in [0.15, 0.2) is 36.5 Å². The van der Waals surface area contributed by atoms with E-state index in [2.05, 4.69) is 15.6 Å². The summed E-state index contributed by atoms with van der Waals surface area (Å²) in [6, 6.07) is 8.27. The van der Waals surface area contributed by atoms with E-state index in [9.17, 15) is 9.59 Å². The van der Waals surface area contributed by atoms with Crippen LogP contribution in [-0.2, 0) is 4.79 Å². The highest BCUT2D eigenvalue weighted by Crippen LogP contribution is 2.06. The van der Waals surface area contributed by atoms with Gasteiger partial charge in [-0.1, -0.05) is 30.3 Å². The number of aromatic nitrogens is 3. The summed E-state index contributed by atoms with van der Waals surface area (Å²) in [7, 11) is 0. The van der Waals surface area contributed by atoms with Gasteiger partial charge in [-0.3, -0.25) is 4.79 Å². The summed E-state index contributed by atoms with van der Waals surface area (Å²) >= 11 is 0. The van der Waals surface area contributed by atoms with Crippen molar-refractivity contribution >= 4 is 11.9 Å². The molecule has 0 fully saturated rings. The van der Waals surface area contributed by atoms with Gasteiger partial charge in [0.1, 0.15) is 6.04 Å². The van der Waals surface area contributed by atoms with Crippen molar-refractivity contribution in [3.63, 3.8) is 0 Å². The van der Waals surface area contributed by atoms with Crippen molar-refractivity contribution in [3.05, 3.63) is 42.2 Å². The lowest BCUT2D eigenvalue weighted by Gasteiger charge is -2.10. The first-order valence-electron chi connectivity index (χ1n) is 6.13. The lowest BCUT2D eigenvalue weighted by molar-refractivity contribution is -0.139. The molecule has 104 valence electrons. The Bertz CT molecular complexity index is 609. The second kappa shape index (κ2) is 5.96. The molecule has 1 aromatic carbocycles. The summed E-state index contributed by atoms with van der Waals surface area (Å²) in [4.78, 5) is 22.7. The van der Waals surface area contributed by atoms with Gasteiger partial charge in [0, 0.05) is 0 Å². The molecule has 2 rings (SSSR count). The van der Waals surface area contributed by atoms with Crippen LogP contribution >= 0.6 is 0 Å². The van der Waals surface area contributed by atoms with Gasteiger partial charge in [0.25, 0.3) is 5.91 Å². The second-order valence-electron chi connectivity index (χ2n) is 4.16. The van der Waals surface area contributed by atoms with Crippen molar-refractivity contribution in [2.75, 3.05) is 0 Å². The SMILES string of the molecule is CC[C@@H](NC(=O)c1cn(-c2ccccc2)nn1)C(=O)O. The Balaban J connectivity index is 2.13. The molecule has 0 aliphatic carbocycles. The Labute approximate surface area is 115 Å². The molecule has 7 heteroatoms. The summed E-state index contributed by atoms with van der Waals surface area (Å²) in [6.07, 6.45) is 1.76. The highest BCUT2D eigenvalue weighted by Gasteiger charge is 2.20. The average Bonchev–Trinajstić information content (AvgIpc) is 2.95. The number of para-hydroxylation sites is 1. The molecule has 7 nitrogen and oxygen atoms in total. The maximum Gasteiger partial charge on any atom is 0.326 e. The number of hydrogen-bond donors (Lipinski definition) is 2.